The molecule has 1 amide bonds. The number of methoxy groups -OCH3 is 3. The molecule has 1 aromatic rings. The van der Waals surface area contributed by atoms with Crippen molar-refractivity contribution in [1.82, 2.24) is 4.90 Å². The van der Waals surface area contributed by atoms with E-state index in [0.29, 0.717) is 4.47 Å². The highest BCUT2D eigenvalue weighted by Crippen LogP contribution is 2.26. The van der Waals surface area contributed by atoms with Crippen LogP contribution in [0.1, 0.15) is 27.5 Å². The molecule has 2 rings (SSSR count). The first-order chi connectivity index (χ1) is 11.9. The predicted octanol–water partition coefficient (Wildman–Crippen LogP) is 2.42. The second-order valence-corrected chi connectivity index (χ2v) is 6.11. The Morgan fingerprint density at radius 2 is 1.96 bits per heavy atom. The standard InChI is InChI=1S/C16H18BrNO7/c1-22-10-5-4-9(18(8-10)16(21)24-3)6-12(19)14-11(17)7-13(25-14)15(20)23-2/h4-5,7,9-10H,6,8H2,1-3H3/t9-,10+/m1/s1. The molecule has 1 aliphatic heterocycles. The highest BCUT2D eigenvalue weighted by Gasteiger charge is 2.32. The van der Waals surface area contributed by atoms with Crippen molar-refractivity contribution in [2.75, 3.05) is 27.9 Å². The fraction of sp³-hybridized carbons (Fsp3) is 0.438. The minimum Gasteiger partial charge on any atom is -0.463 e. The van der Waals surface area contributed by atoms with Crippen molar-refractivity contribution in [2.45, 2.75) is 18.6 Å². The zero-order chi connectivity index (χ0) is 18.6. The van der Waals surface area contributed by atoms with Crippen LogP contribution in [0.4, 0.5) is 4.79 Å². The summed E-state index contributed by atoms with van der Waals surface area (Å²) in [7, 11) is 4.02. The van der Waals surface area contributed by atoms with E-state index in [-0.39, 0.29) is 36.4 Å². The molecule has 25 heavy (non-hydrogen) atoms. The average molecular weight is 416 g/mol. The molecular formula is C16H18BrNO7. The number of ether oxygens (including phenoxy) is 3. The molecule has 0 aromatic carbocycles. The quantitative estimate of drug-likeness (QED) is 0.413. The Morgan fingerprint density at radius 1 is 1.24 bits per heavy atom. The van der Waals surface area contributed by atoms with Gasteiger partial charge in [-0.1, -0.05) is 12.2 Å². The summed E-state index contributed by atoms with van der Waals surface area (Å²) in [4.78, 5) is 37.4. The average Bonchev–Trinajstić information content (AvgIpc) is 3.02. The van der Waals surface area contributed by atoms with Gasteiger partial charge < -0.3 is 18.6 Å². The Morgan fingerprint density at radius 3 is 2.56 bits per heavy atom. The van der Waals surface area contributed by atoms with E-state index in [1.54, 1.807) is 12.2 Å². The molecule has 0 N–H and O–H groups in total. The van der Waals surface area contributed by atoms with Crippen LogP contribution in [0, 0.1) is 0 Å². The lowest BCUT2D eigenvalue weighted by Crippen LogP contribution is -2.47. The molecule has 0 saturated carbocycles. The first-order valence-electron chi connectivity index (χ1n) is 7.37. The number of hydrogen-bond acceptors (Lipinski definition) is 7. The van der Waals surface area contributed by atoms with Crippen molar-refractivity contribution in [2.24, 2.45) is 0 Å². The number of carbonyl (C=O) groups is 3. The van der Waals surface area contributed by atoms with Crippen molar-refractivity contribution in [1.29, 1.82) is 0 Å². The minimum absolute atomic E-state index is 0.00696. The molecule has 0 saturated heterocycles. The van der Waals surface area contributed by atoms with Gasteiger partial charge in [0.2, 0.25) is 11.5 Å². The summed E-state index contributed by atoms with van der Waals surface area (Å²) in [6.07, 6.45) is 2.64. The Balaban J connectivity index is 2.19. The number of amides is 1. The first-order valence-corrected chi connectivity index (χ1v) is 8.17. The second-order valence-electron chi connectivity index (χ2n) is 5.26. The van der Waals surface area contributed by atoms with Gasteiger partial charge in [0.15, 0.2) is 5.76 Å². The van der Waals surface area contributed by atoms with E-state index in [1.807, 2.05) is 0 Å². The Hall–Kier alpha value is -2.13. The SMILES string of the molecule is COC(=O)c1cc(Br)c(C(=O)C[C@H]2C=C[C@H](OC)CN2C(=O)OC)o1. The van der Waals surface area contributed by atoms with Crippen LogP contribution in [0.3, 0.4) is 0 Å². The maximum atomic E-state index is 12.5. The fourth-order valence-electron chi connectivity index (χ4n) is 2.45. The summed E-state index contributed by atoms with van der Waals surface area (Å²) in [5.41, 5.74) is 0. The van der Waals surface area contributed by atoms with Gasteiger partial charge in [-0.25, -0.2) is 9.59 Å². The molecule has 0 bridgehead atoms. The van der Waals surface area contributed by atoms with Crippen LogP contribution >= 0.6 is 15.9 Å². The van der Waals surface area contributed by atoms with Crippen LogP contribution in [0.2, 0.25) is 0 Å². The molecule has 8 nitrogen and oxygen atoms in total. The third kappa shape index (κ3) is 4.29. The maximum absolute atomic E-state index is 12.5. The number of esters is 1. The van der Waals surface area contributed by atoms with E-state index in [4.69, 9.17) is 13.9 Å². The topological polar surface area (TPSA) is 95.3 Å². The van der Waals surface area contributed by atoms with Gasteiger partial charge in [-0.2, -0.15) is 0 Å². The Labute approximate surface area is 152 Å². The molecule has 0 radical (unpaired) electrons. The summed E-state index contributed by atoms with van der Waals surface area (Å²) < 4.78 is 20.2. The van der Waals surface area contributed by atoms with Gasteiger partial charge >= 0.3 is 12.1 Å². The third-order valence-corrected chi connectivity index (χ3v) is 4.35. The van der Waals surface area contributed by atoms with Crippen LogP contribution in [-0.4, -0.2) is 62.8 Å². The molecule has 1 aliphatic rings. The minimum atomic E-state index is -0.684. The molecule has 136 valence electrons. The van der Waals surface area contributed by atoms with Crippen LogP contribution in [-0.2, 0) is 14.2 Å². The summed E-state index contributed by atoms with van der Waals surface area (Å²) in [5.74, 6) is -1.15. The van der Waals surface area contributed by atoms with Gasteiger partial charge in [0.25, 0.3) is 0 Å². The van der Waals surface area contributed by atoms with Crippen molar-refractivity contribution in [3.63, 3.8) is 0 Å². The van der Waals surface area contributed by atoms with Crippen LogP contribution in [0.5, 0.6) is 0 Å². The molecule has 2 heterocycles. The predicted molar refractivity (Wildman–Crippen MR) is 89.5 cm³/mol. The van der Waals surface area contributed by atoms with E-state index in [2.05, 4.69) is 20.7 Å². The Kier molecular flexibility index (Phi) is 6.38. The van der Waals surface area contributed by atoms with Gasteiger partial charge in [-0.05, 0) is 15.9 Å². The van der Waals surface area contributed by atoms with Gasteiger partial charge in [-0.3, -0.25) is 9.69 Å². The molecule has 1 aromatic heterocycles. The second kappa shape index (κ2) is 8.30. The van der Waals surface area contributed by atoms with Gasteiger partial charge in [0.1, 0.15) is 0 Å². The number of ketones is 1. The van der Waals surface area contributed by atoms with Crippen molar-refractivity contribution in [3.05, 3.63) is 34.2 Å². The third-order valence-electron chi connectivity index (χ3n) is 3.76. The highest BCUT2D eigenvalue weighted by atomic mass is 79.9. The van der Waals surface area contributed by atoms with Gasteiger partial charge in [0, 0.05) is 19.6 Å². The number of furan rings is 1. The number of halogens is 1. The highest BCUT2D eigenvalue weighted by molar-refractivity contribution is 9.10. The molecular weight excluding hydrogens is 398 g/mol. The fourth-order valence-corrected chi connectivity index (χ4v) is 2.96. The zero-order valence-corrected chi connectivity index (χ0v) is 15.6. The lowest BCUT2D eigenvalue weighted by Gasteiger charge is -2.33. The molecule has 0 unspecified atom stereocenters. The number of rotatable bonds is 5. The molecule has 0 fully saturated rings. The lowest BCUT2D eigenvalue weighted by molar-refractivity contribution is 0.0557. The number of Topliss-reactive ketones (excluding diaryl/α,β-unsaturated/α-hetero) is 1. The van der Waals surface area contributed by atoms with Crippen LogP contribution in [0.25, 0.3) is 0 Å². The molecule has 2 atom stereocenters. The van der Waals surface area contributed by atoms with E-state index >= 15 is 0 Å². The van der Waals surface area contributed by atoms with E-state index in [0.717, 1.165) is 0 Å². The van der Waals surface area contributed by atoms with Crippen LogP contribution in [0.15, 0.2) is 27.1 Å². The maximum Gasteiger partial charge on any atom is 0.410 e. The van der Waals surface area contributed by atoms with Crippen LogP contribution < -0.4 is 0 Å². The summed E-state index contributed by atoms with van der Waals surface area (Å²) in [5, 5.41) is 0. The lowest BCUT2D eigenvalue weighted by atomic mass is 10.0. The largest absolute Gasteiger partial charge is 0.463 e. The molecule has 9 heteroatoms. The number of carbonyl (C=O) groups excluding carboxylic acids is 3. The van der Waals surface area contributed by atoms with E-state index < -0.39 is 18.1 Å². The number of nitrogens with zero attached hydrogens (tertiary/aromatic N) is 1. The normalized spacial score (nSPS) is 19.6. The van der Waals surface area contributed by atoms with Gasteiger partial charge in [-0.15, -0.1) is 0 Å². The van der Waals surface area contributed by atoms with Crippen molar-refractivity contribution in [3.8, 4) is 0 Å². The Bertz CT molecular complexity index is 697. The monoisotopic (exact) mass is 415 g/mol. The van der Waals surface area contributed by atoms with Crippen molar-refractivity contribution >= 4 is 33.8 Å². The summed E-state index contributed by atoms with van der Waals surface area (Å²) in [6.45, 7) is 0.268. The van der Waals surface area contributed by atoms with E-state index in [1.165, 1.54) is 32.3 Å². The summed E-state index contributed by atoms with van der Waals surface area (Å²) >= 11 is 3.19. The van der Waals surface area contributed by atoms with Gasteiger partial charge in [0.05, 0.1) is 37.4 Å². The number of hydrogen-bond donors (Lipinski definition) is 0. The molecule has 0 spiro atoms. The van der Waals surface area contributed by atoms with E-state index in [9.17, 15) is 14.4 Å². The smallest absolute Gasteiger partial charge is 0.410 e. The first kappa shape index (κ1) is 19.2. The van der Waals surface area contributed by atoms with Crippen molar-refractivity contribution < 1.29 is 33.0 Å². The molecule has 0 aliphatic carbocycles. The summed E-state index contributed by atoms with van der Waals surface area (Å²) in [6, 6.07) is 0.861. The zero-order valence-electron chi connectivity index (χ0n) is 14.0.